The van der Waals surface area contributed by atoms with Gasteiger partial charge in [0.2, 0.25) is 5.91 Å². The summed E-state index contributed by atoms with van der Waals surface area (Å²) in [6.45, 7) is 7.29. The number of rotatable bonds is 4. The molecule has 1 amide bonds. The molecule has 1 atom stereocenters. The molecule has 25 heavy (non-hydrogen) atoms. The first-order chi connectivity index (χ1) is 12.2. The van der Waals surface area contributed by atoms with E-state index >= 15 is 0 Å². The first-order valence-electron chi connectivity index (χ1n) is 8.60. The maximum absolute atomic E-state index is 12.6. The van der Waals surface area contributed by atoms with Gasteiger partial charge in [0.05, 0.1) is 11.0 Å². The van der Waals surface area contributed by atoms with E-state index in [0.717, 1.165) is 28.1 Å². The Bertz CT molecular complexity index is 957. The summed E-state index contributed by atoms with van der Waals surface area (Å²) in [7, 11) is 0. The molecule has 0 bridgehead atoms. The lowest BCUT2D eigenvalue weighted by molar-refractivity contribution is -0.117. The Hall–Kier alpha value is -2.88. The number of hydrogen-bond acceptors (Lipinski definition) is 2. The fraction of sp³-hybridized carbons (Fsp3) is 0.238. The van der Waals surface area contributed by atoms with Gasteiger partial charge in [0.15, 0.2) is 0 Å². The summed E-state index contributed by atoms with van der Waals surface area (Å²) >= 11 is 0. The van der Waals surface area contributed by atoms with E-state index in [2.05, 4.69) is 23.3 Å². The zero-order valence-corrected chi connectivity index (χ0v) is 14.4. The van der Waals surface area contributed by atoms with Crippen molar-refractivity contribution in [3.05, 3.63) is 72.6 Å². The third-order valence-electron chi connectivity index (χ3n) is 4.80. The summed E-state index contributed by atoms with van der Waals surface area (Å²) in [6.07, 6.45) is 2.38. The minimum Gasteiger partial charge on any atom is -0.324 e. The van der Waals surface area contributed by atoms with Crippen LogP contribution >= 0.6 is 0 Å². The number of allylic oxidation sites excluding steroid dienone is 1. The molecule has 0 radical (unpaired) electrons. The summed E-state index contributed by atoms with van der Waals surface area (Å²) in [6, 6.07) is 16.2. The number of anilines is 1. The van der Waals surface area contributed by atoms with E-state index in [1.807, 2.05) is 54.3 Å². The molecule has 1 unspecified atom stereocenters. The predicted octanol–water partition coefficient (Wildman–Crippen LogP) is 4.05. The zero-order chi connectivity index (χ0) is 17.4. The number of aryl methyl sites for hydroxylation is 1. The molecular formula is C21H21N3O. The highest BCUT2D eigenvalue weighted by Gasteiger charge is 2.34. The van der Waals surface area contributed by atoms with Crippen LogP contribution in [-0.4, -0.2) is 22.0 Å². The Morgan fingerprint density at radius 2 is 2.08 bits per heavy atom. The maximum atomic E-state index is 12.6. The molecule has 0 spiro atoms. The average molecular weight is 331 g/mol. The number of aromatic nitrogens is 2. The highest BCUT2D eigenvalue weighted by molar-refractivity contribution is 5.96. The van der Waals surface area contributed by atoms with Gasteiger partial charge in [-0.05, 0) is 36.8 Å². The highest BCUT2D eigenvalue weighted by atomic mass is 16.2. The second-order valence-corrected chi connectivity index (χ2v) is 6.60. The van der Waals surface area contributed by atoms with Crippen LogP contribution in [0.1, 0.15) is 23.7 Å². The quantitative estimate of drug-likeness (QED) is 0.676. The van der Waals surface area contributed by atoms with Gasteiger partial charge in [-0.3, -0.25) is 4.79 Å². The first kappa shape index (κ1) is 15.6. The van der Waals surface area contributed by atoms with Crippen molar-refractivity contribution in [1.82, 2.24) is 9.55 Å². The summed E-state index contributed by atoms with van der Waals surface area (Å²) in [5, 5.41) is 0. The normalized spacial score (nSPS) is 17.4. The Labute approximate surface area is 147 Å². The smallest absolute Gasteiger partial charge is 0.227 e. The van der Waals surface area contributed by atoms with Gasteiger partial charge in [-0.15, -0.1) is 6.58 Å². The molecule has 1 aliphatic rings. The first-order valence-corrected chi connectivity index (χ1v) is 8.60. The number of imidazole rings is 1. The zero-order valence-electron chi connectivity index (χ0n) is 14.4. The van der Waals surface area contributed by atoms with Gasteiger partial charge >= 0.3 is 0 Å². The van der Waals surface area contributed by atoms with Crippen molar-refractivity contribution < 1.29 is 4.79 Å². The molecule has 4 nitrogen and oxygen atoms in total. The van der Waals surface area contributed by atoms with Crippen LogP contribution in [0.2, 0.25) is 0 Å². The number of amides is 1. The SMILES string of the molecule is C=CCn1c(C2CC(=O)N(c3cccc(C)c3)C2)nc2ccccc21. The largest absolute Gasteiger partial charge is 0.324 e. The van der Waals surface area contributed by atoms with Crippen molar-refractivity contribution in [3.8, 4) is 0 Å². The fourth-order valence-electron chi connectivity index (χ4n) is 3.65. The van der Waals surface area contributed by atoms with E-state index in [1.165, 1.54) is 0 Å². The van der Waals surface area contributed by atoms with Crippen LogP contribution < -0.4 is 4.90 Å². The molecule has 0 saturated carbocycles. The van der Waals surface area contributed by atoms with Crippen LogP contribution in [0.25, 0.3) is 11.0 Å². The van der Waals surface area contributed by atoms with Gasteiger partial charge in [0, 0.05) is 31.1 Å². The van der Waals surface area contributed by atoms with E-state index in [1.54, 1.807) is 0 Å². The number of carbonyl (C=O) groups excluding carboxylic acids is 1. The Morgan fingerprint density at radius 3 is 2.88 bits per heavy atom. The minimum absolute atomic E-state index is 0.0976. The molecular weight excluding hydrogens is 310 g/mol. The lowest BCUT2D eigenvalue weighted by Crippen LogP contribution is -2.24. The standard InChI is InChI=1S/C21H21N3O/c1-3-11-23-19-10-5-4-9-18(19)22-21(23)16-13-20(25)24(14-16)17-8-6-7-15(2)12-17/h3-10,12,16H,1,11,13-14H2,2H3. The average Bonchev–Trinajstić information content (AvgIpc) is 3.16. The van der Waals surface area contributed by atoms with Crippen molar-refractivity contribution in [3.63, 3.8) is 0 Å². The number of benzene rings is 2. The van der Waals surface area contributed by atoms with Gasteiger partial charge < -0.3 is 9.47 Å². The Kier molecular flexibility index (Phi) is 3.88. The van der Waals surface area contributed by atoms with Gasteiger partial charge in [0.1, 0.15) is 5.82 Å². The molecule has 1 fully saturated rings. The second-order valence-electron chi connectivity index (χ2n) is 6.60. The van der Waals surface area contributed by atoms with Crippen molar-refractivity contribution >= 4 is 22.6 Å². The molecule has 0 N–H and O–H groups in total. The Balaban J connectivity index is 1.71. The summed E-state index contributed by atoms with van der Waals surface area (Å²) in [5.74, 6) is 1.23. The van der Waals surface area contributed by atoms with Crippen LogP contribution in [-0.2, 0) is 11.3 Å². The van der Waals surface area contributed by atoms with Crippen LogP contribution in [0.4, 0.5) is 5.69 Å². The molecule has 4 rings (SSSR count). The van der Waals surface area contributed by atoms with Crippen molar-refractivity contribution in [1.29, 1.82) is 0 Å². The number of fused-ring (bicyclic) bond motifs is 1. The number of nitrogens with zero attached hydrogens (tertiary/aromatic N) is 3. The van der Waals surface area contributed by atoms with Crippen LogP contribution in [0, 0.1) is 6.92 Å². The van der Waals surface area contributed by atoms with E-state index in [4.69, 9.17) is 4.98 Å². The molecule has 3 aromatic rings. The number of para-hydroxylation sites is 2. The van der Waals surface area contributed by atoms with E-state index < -0.39 is 0 Å². The molecule has 4 heteroatoms. The molecule has 1 aromatic heterocycles. The summed E-state index contributed by atoms with van der Waals surface area (Å²) in [4.78, 5) is 19.3. The van der Waals surface area contributed by atoms with Crippen molar-refractivity contribution in [2.45, 2.75) is 25.8 Å². The van der Waals surface area contributed by atoms with Gasteiger partial charge in [-0.2, -0.15) is 0 Å². The maximum Gasteiger partial charge on any atom is 0.227 e. The van der Waals surface area contributed by atoms with Crippen molar-refractivity contribution in [2.75, 3.05) is 11.4 Å². The molecule has 0 aliphatic carbocycles. The van der Waals surface area contributed by atoms with Gasteiger partial charge in [-0.25, -0.2) is 4.98 Å². The number of carbonyl (C=O) groups is 1. The lowest BCUT2D eigenvalue weighted by Gasteiger charge is -2.17. The number of hydrogen-bond donors (Lipinski definition) is 0. The van der Waals surface area contributed by atoms with E-state index in [9.17, 15) is 4.79 Å². The van der Waals surface area contributed by atoms with Gasteiger partial charge in [0.25, 0.3) is 0 Å². The second kappa shape index (κ2) is 6.20. The Morgan fingerprint density at radius 1 is 1.24 bits per heavy atom. The summed E-state index contributed by atoms with van der Waals surface area (Å²) < 4.78 is 2.18. The van der Waals surface area contributed by atoms with Gasteiger partial charge in [-0.1, -0.05) is 30.3 Å². The van der Waals surface area contributed by atoms with E-state index in [0.29, 0.717) is 19.5 Å². The van der Waals surface area contributed by atoms with Crippen LogP contribution in [0.5, 0.6) is 0 Å². The summed E-state index contributed by atoms with van der Waals surface area (Å²) in [5.41, 5.74) is 4.20. The highest BCUT2D eigenvalue weighted by Crippen LogP contribution is 2.33. The molecule has 2 heterocycles. The van der Waals surface area contributed by atoms with Crippen LogP contribution in [0.15, 0.2) is 61.2 Å². The third-order valence-corrected chi connectivity index (χ3v) is 4.80. The third kappa shape index (κ3) is 2.74. The molecule has 126 valence electrons. The minimum atomic E-state index is 0.0976. The topological polar surface area (TPSA) is 38.1 Å². The van der Waals surface area contributed by atoms with Crippen LogP contribution in [0.3, 0.4) is 0 Å². The monoisotopic (exact) mass is 331 g/mol. The molecule has 1 aliphatic heterocycles. The predicted molar refractivity (Wildman–Crippen MR) is 101 cm³/mol. The van der Waals surface area contributed by atoms with Crippen molar-refractivity contribution in [2.24, 2.45) is 0 Å². The molecule has 2 aromatic carbocycles. The lowest BCUT2D eigenvalue weighted by atomic mass is 10.1. The molecule has 1 saturated heterocycles. The van der Waals surface area contributed by atoms with E-state index in [-0.39, 0.29) is 11.8 Å². The fourth-order valence-corrected chi connectivity index (χ4v) is 3.65.